The Bertz CT molecular complexity index is 565. The van der Waals surface area contributed by atoms with Crippen molar-refractivity contribution in [3.05, 3.63) is 23.5 Å². The lowest BCUT2D eigenvalue weighted by Crippen LogP contribution is -2.41. The van der Waals surface area contributed by atoms with Crippen LogP contribution >= 0.6 is 11.3 Å². The van der Waals surface area contributed by atoms with Gasteiger partial charge in [0.1, 0.15) is 5.60 Å². The van der Waals surface area contributed by atoms with E-state index < -0.39 is 5.60 Å². The van der Waals surface area contributed by atoms with Crippen LogP contribution in [-0.2, 0) is 16.0 Å². The van der Waals surface area contributed by atoms with Gasteiger partial charge < -0.3 is 4.74 Å². The molecule has 0 saturated heterocycles. The van der Waals surface area contributed by atoms with Crippen LogP contribution < -0.4 is 0 Å². The Morgan fingerprint density at radius 2 is 2.15 bits per heavy atom. The molecule has 108 valence electrons. The van der Waals surface area contributed by atoms with E-state index in [1.54, 1.807) is 18.4 Å². The first-order valence-electron chi connectivity index (χ1n) is 7.23. The lowest BCUT2D eigenvalue weighted by Gasteiger charge is -2.29. The second-order valence-electron chi connectivity index (χ2n) is 5.54. The number of ether oxygens (including phenoxy) is 1. The summed E-state index contributed by atoms with van der Waals surface area (Å²) in [6.07, 6.45) is 10.6. The van der Waals surface area contributed by atoms with E-state index in [-0.39, 0.29) is 5.78 Å². The number of nitrogens with zero attached hydrogens (tertiary/aromatic N) is 2. The quantitative estimate of drug-likeness (QED) is 0.813. The summed E-state index contributed by atoms with van der Waals surface area (Å²) < 4.78 is 7.64. The van der Waals surface area contributed by atoms with Gasteiger partial charge in [-0.05, 0) is 12.8 Å². The van der Waals surface area contributed by atoms with Crippen molar-refractivity contribution in [2.75, 3.05) is 7.11 Å². The largest absolute Gasteiger partial charge is 0.370 e. The standard InChI is InChI=1S/C15H20N2O2S/c1-19-15(6-4-2-3-5-7-15)13(18)10-12-11-17-8-9-20-14(17)16-12/h8-9,11H,2-7,10H2,1H3. The average molecular weight is 292 g/mol. The van der Waals surface area contributed by atoms with Gasteiger partial charge in [-0.15, -0.1) is 11.3 Å². The van der Waals surface area contributed by atoms with Crippen molar-refractivity contribution in [3.8, 4) is 0 Å². The number of fused-ring (bicyclic) bond motifs is 1. The molecule has 0 radical (unpaired) electrons. The zero-order valence-corrected chi connectivity index (χ0v) is 12.6. The molecule has 0 N–H and O–H groups in total. The van der Waals surface area contributed by atoms with Crippen LogP contribution in [0.15, 0.2) is 17.8 Å². The highest BCUT2D eigenvalue weighted by atomic mass is 32.1. The molecule has 2 aromatic heterocycles. The number of ketones is 1. The van der Waals surface area contributed by atoms with Gasteiger partial charge in [-0.2, -0.15) is 0 Å². The maximum Gasteiger partial charge on any atom is 0.193 e. The number of carbonyl (C=O) groups is 1. The molecule has 2 aromatic rings. The highest BCUT2D eigenvalue weighted by Crippen LogP contribution is 2.32. The van der Waals surface area contributed by atoms with Crippen LogP contribution in [-0.4, -0.2) is 27.9 Å². The van der Waals surface area contributed by atoms with Crippen LogP contribution in [0.4, 0.5) is 0 Å². The zero-order valence-electron chi connectivity index (χ0n) is 11.8. The molecule has 4 nitrogen and oxygen atoms in total. The van der Waals surface area contributed by atoms with Gasteiger partial charge in [0.05, 0.1) is 12.1 Å². The first-order valence-corrected chi connectivity index (χ1v) is 8.11. The first-order chi connectivity index (χ1) is 9.73. The van der Waals surface area contributed by atoms with Crippen LogP contribution in [0.2, 0.25) is 0 Å². The molecule has 1 aliphatic rings. The number of rotatable bonds is 4. The van der Waals surface area contributed by atoms with E-state index in [0.717, 1.165) is 36.3 Å². The van der Waals surface area contributed by atoms with Crippen molar-refractivity contribution in [2.24, 2.45) is 0 Å². The number of hydrogen-bond donors (Lipinski definition) is 0. The third-order valence-corrected chi connectivity index (χ3v) is 5.07. The van der Waals surface area contributed by atoms with Crippen molar-refractivity contribution >= 4 is 22.1 Å². The van der Waals surface area contributed by atoms with Gasteiger partial charge in [-0.1, -0.05) is 25.7 Å². The lowest BCUT2D eigenvalue weighted by atomic mass is 9.87. The fraction of sp³-hybridized carbons (Fsp3) is 0.600. The normalized spacial score (nSPS) is 19.1. The first kappa shape index (κ1) is 13.8. The molecule has 0 amide bonds. The number of carbonyl (C=O) groups excluding carboxylic acids is 1. The highest BCUT2D eigenvalue weighted by molar-refractivity contribution is 7.15. The van der Waals surface area contributed by atoms with Gasteiger partial charge in [0.15, 0.2) is 10.7 Å². The van der Waals surface area contributed by atoms with Gasteiger partial charge >= 0.3 is 0 Å². The minimum absolute atomic E-state index is 0.188. The summed E-state index contributed by atoms with van der Waals surface area (Å²) in [7, 11) is 1.68. The molecule has 1 fully saturated rings. The van der Waals surface area contributed by atoms with E-state index in [1.165, 1.54) is 12.8 Å². The molecule has 0 atom stereocenters. The Kier molecular flexibility index (Phi) is 3.89. The van der Waals surface area contributed by atoms with Crippen molar-refractivity contribution in [1.29, 1.82) is 0 Å². The number of Topliss-reactive ketones (excluding diaryl/α,β-unsaturated/α-hetero) is 1. The summed E-state index contributed by atoms with van der Waals surface area (Å²) in [5.74, 6) is 0.188. The van der Waals surface area contributed by atoms with Crippen LogP contribution in [0.1, 0.15) is 44.2 Å². The molecular formula is C15H20N2O2S. The van der Waals surface area contributed by atoms with Crippen LogP contribution in [0.25, 0.3) is 4.96 Å². The van der Waals surface area contributed by atoms with Crippen molar-refractivity contribution in [3.63, 3.8) is 0 Å². The molecule has 2 heterocycles. The number of thiazole rings is 1. The third kappa shape index (κ3) is 2.52. The Morgan fingerprint density at radius 3 is 2.80 bits per heavy atom. The van der Waals surface area contributed by atoms with Gasteiger partial charge in [-0.25, -0.2) is 4.98 Å². The Balaban J connectivity index is 1.77. The predicted molar refractivity (Wildman–Crippen MR) is 79.2 cm³/mol. The van der Waals surface area contributed by atoms with Crippen molar-refractivity contribution in [2.45, 2.75) is 50.5 Å². The minimum atomic E-state index is -0.576. The topological polar surface area (TPSA) is 43.6 Å². The molecular weight excluding hydrogens is 272 g/mol. The molecule has 5 heteroatoms. The number of methoxy groups -OCH3 is 1. The highest BCUT2D eigenvalue weighted by Gasteiger charge is 2.38. The van der Waals surface area contributed by atoms with E-state index in [0.29, 0.717) is 6.42 Å². The van der Waals surface area contributed by atoms with Gasteiger partial charge in [-0.3, -0.25) is 9.20 Å². The summed E-state index contributed by atoms with van der Waals surface area (Å²) in [6, 6.07) is 0. The summed E-state index contributed by atoms with van der Waals surface area (Å²) in [4.78, 5) is 18.1. The third-order valence-electron chi connectivity index (χ3n) is 4.29. The Morgan fingerprint density at radius 1 is 1.40 bits per heavy atom. The second kappa shape index (κ2) is 5.66. The summed E-state index contributed by atoms with van der Waals surface area (Å²) in [6.45, 7) is 0. The molecule has 0 unspecified atom stereocenters. The Labute approximate surface area is 122 Å². The summed E-state index contributed by atoms with van der Waals surface area (Å²) in [5.41, 5.74) is 0.274. The van der Waals surface area contributed by atoms with Crippen LogP contribution in [0, 0.1) is 0 Å². The average Bonchev–Trinajstić information content (AvgIpc) is 2.92. The fourth-order valence-electron chi connectivity index (χ4n) is 3.08. The molecule has 3 rings (SSSR count). The molecule has 1 aliphatic carbocycles. The predicted octanol–water partition coefficient (Wildman–Crippen LogP) is 3.25. The van der Waals surface area contributed by atoms with E-state index >= 15 is 0 Å². The van der Waals surface area contributed by atoms with Crippen molar-refractivity contribution in [1.82, 2.24) is 9.38 Å². The molecule has 0 spiro atoms. The minimum Gasteiger partial charge on any atom is -0.370 e. The maximum absolute atomic E-state index is 12.7. The number of hydrogen-bond acceptors (Lipinski definition) is 4. The van der Waals surface area contributed by atoms with Crippen LogP contribution in [0.3, 0.4) is 0 Å². The van der Waals surface area contributed by atoms with E-state index in [9.17, 15) is 4.79 Å². The van der Waals surface area contributed by atoms with Crippen molar-refractivity contribution < 1.29 is 9.53 Å². The van der Waals surface area contributed by atoms with E-state index in [4.69, 9.17) is 4.74 Å². The summed E-state index contributed by atoms with van der Waals surface area (Å²) >= 11 is 1.59. The molecule has 1 saturated carbocycles. The van der Waals surface area contributed by atoms with E-state index in [2.05, 4.69) is 4.98 Å². The van der Waals surface area contributed by atoms with Gasteiger partial charge in [0.2, 0.25) is 0 Å². The number of imidazole rings is 1. The smallest absolute Gasteiger partial charge is 0.193 e. The molecule has 20 heavy (non-hydrogen) atoms. The molecule has 0 aromatic carbocycles. The van der Waals surface area contributed by atoms with Gasteiger partial charge in [0.25, 0.3) is 0 Å². The summed E-state index contributed by atoms with van der Waals surface area (Å²) in [5, 5.41) is 2.00. The van der Waals surface area contributed by atoms with Gasteiger partial charge in [0, 0.05) is 24.9 Å². The number of aromatic nitrogens is 2. The monoisotopic (exact) mass is 292 g/mol. The molecule has 0 aliphatic heterocycles. The SMILES string of the molecule is COC1(C(=O)Cc2cn3ccsc3n2)CCCCCC1. The van der Waals surface area contributed by atoms with Crippen LogP contribution in [0.5, 0.6) is 0 Å². The maximum atomic E-state index is 12.7. The van der Waals surface area contributed by atoms with E-state index in [1.807, 2.05) is 22.2 Å². The lowest BCUT2D eigenvalue weighted by molar-refractivity contribution is -0.142. The fourth-order valence-corrected chi connectivity index (χ4v) is 3.80. The molecule has 0 bridgehead atoms. The zero-order chi connectivity index (χ0) is 14.0. The Hall–Kier alpha value is -1.20. The second-order valence-corrected chi connectivity index (χ2v) is 6.41.